The van der Waals surface area contributed by atoms with Gasteiger partial charge < -0.3 is 5.92 Å². The molecule has 0 aliphatic rings. The maximum atomic E-state index is 3.11. The molecule has 0 amide bonds. The zero-order valence-corrected chi connectivity index (χ0v) is 19.7. The fourth-order valence-electron chi connectivity index (χ4n) is 2.76. The van der Waals surface area contributed by atoms with Crippen molar-refractivity contribution in [2.45, 2.75) is 33.1 Å². The maximum Gasteiger partial charge on any atom is 2.00 e. The van der Waals surface area contributed by atoms with Crippen molar-refractivity contribution >= 4 is 0 Å². The fourth-order valence-corrected chi connectivity index (χ4v) is 2.76. The summed E-state index contributed by atoms with van der Waals surface area (Å²) >= 11 is 0. The van der Waals surface area contributed by atoms with Crippen LogP contribution in [-0.2, 0) is 5.41 Å². The third kappa shape index (κ3) is 5.88. The molecule has 0 aliphatic heterocycles. The van der Waals surface area contributed by atoms with Gasteiger partial charge in [0.1, 0.15) is 0 Å². The first-order chi connectivity index (χ1) is 11.5. The van der Waals surface area contributed by atoms with Crippen molar-refractivity contribution in [3.63, 3.8) is 0 Å². The van der Waals surface area contributed by atoms with Gasteiger partial charge in [0.25, 0.3) is 0 Å². The molecule has 0 spiro atoms. The van der Waals surface area contributed by atoms with E-state index in [9.17, 15) is 0 Å². The fraction of sp³-hybridized carbons (Fsp3) is 0.208. The Morgan fingerprint density at radius 3 is 1.32 bits per heavy atom. The van der Waals surface area contributed by atoms with Crippen LogP contribution in [0.2, 0.25) is 0 Å². The van der Waals surface area contributed by atoms with Gasteiger partial charge in [-0.1, -0.05) is 60.7 Å². The smallest absolute Gasteiger partial charge is 0.323 e. The molecule has 25 heavy (non-hydrogen) atoms. The molecule has 0 heterocycles. The second-order valence-electron chi connectivity index (χ2n) is 6.65. The summed E-state index contributed by atoms with van der Waals surface area (Å²) in [4.78, 5) is 0. The Labute approximate surface area is 177 Å². The van der Waals surface area contributed by atoms with Gasteiger partial charge in [-0.3, -0.25) is 0 Å². The summed E-state index contributed by atoms with van der Waals surface area (Å²) in [5.41, 5.74) is 3.75. The van der Waals surface area contributed by atoms with Crippen LogP contribution < -0.4 is 0 Å². The summed E-state index contributed by atoms with van der Waals surface area (Å²) in [7, 11) is 0. The molecule has 3 aromatic rings. The minimum atomic E-state index is -0.141. The van der Waals surface area contributed by atoms with Crippen LogP contribution in [-0.4, -0.2) is 0 Å². The maximum absolute atomic E-state index is 3.11. The van der Waals surface area contributed by atoms with Gasteiger partial charge in [-0.15, -0.1) is 5.56 Å². The average Bonchev–Trinajstić information content (AvgIpc) is 2.63. The normalized spacial score (nSPS) is 10.4. The summed E-state index contributed by atoms with van der Waals surface area (Å²) in [5.74, 6) is 1.42. The van der Waals surface area contributed by atoms with E-state index in [1.54, 1.807) is 0 Å². The van der Waals surface area contributed by atoms with Crippen LogP contribution in [0.5, 0.6) is 0 Å². The van der Waals surface area contributed by atoms with Crippen molar-refractivity contribution in [2.75, 3.05) is 0 Å². The van der Waals surface area contributed by atoms with Gasteiger partial charge in [0, 0.05) is 5.41 Å². The second kappa shape index (κ2) is 10.6. The van der Waals surface area contributed by atoms with Crippen LogP contribution in [0.25, 0.3) is 0 Å². The molecule has 0 saturated heterocycles. The van der Waals surface area contributed by atoms with Gasteiger partial charge in [-0.25, -0.2) is 0 Å². The minimum absolute atomic E-state index is 0. The van der Waals surface area contributed by atoms with Crippen molar-refractivity contribution in [3.8, 4) is 0 Å². The Morgan fingerprint density at radius 1 is 0.640 bits per heavy atom. The molecular weight excluding hydrogens is 526 g/mol. The molecule has 3 rings (SSSR count). The van der Waals surface area contributed by atoms with Crippen LogP contribution in [0.15, 0.2) is 84.9 Å². The molecule has 1 heteroatoms. The Hall–Kier alpha value is -1.29. The van der Waals surface area contributed by atoms with Gasteiger partial charge in [-0.2, -0.15) is 51.1 Å². The molecule has 0 bridgehead atoms. The summed E-state index contributed by atoms with van der Waals surface area (Å²) in [6, 6.07) is 32.7. The van der Waals surface area contributed by atoms with E-state index >= 15 is 0 Å². The van der Waals surface area contributed by atoms with Crippen LogP contribution in [0.4, 0.5) is 0 Å². The molecule has 0 saturated carbocycles. The van der Waals surface area contributed by atoms with E-state index in [0.717, 1.165) is 0 Å². The van der Waals surface area contributed by atoms with Gasteiger partial charge in [0.05, 0.1) is 0 Å². The van der Waals surface area contributed by atoms with E-state index in [1.807, 2.05) is 12.1 Å². The number of benzene rings is 3. The first-order valence-corrected chi connectivity index (χ1v) is 8.39. The predicted octanol–water partition coefficient (Wildman–Crippen LogP) is 6.46. The molecule has 0 unspecified atom stereocenters. The van der Waals surface area contributed by atoms with Gasteiger partial charge in [0.15, 0.2) is 0 Å². The van der Waals surface area contributed by atoms with Crippen molar-refractivity contribution in [2.24, 2.45) is 0 Å². The number of hydrogen-bond donors (Lipinski definition) is 0. The summed E-state index contributed by atoms with van der Waals surface area (Å²) in [6.07, 6.45) is 0. The molecular formula is C24H26U. The minimum Gasteiger partial charge on any atom is -0.323 e. The number of hydrogen-bond acceptors (Lipinski definition) is 0. The topological polar surface area (TPSA) is 0 Å². The first-order valence-electron chi connectivity index (χ1n) is 8.39. The predicted molar refractivity (Wildman–Crippen MR) is 104 cm³/mol. The van der Waals surface area contributed by atoms with Gasteiger partial charge in [-0.05, 0) is 18.1 Å². The van der Waals surface area contributed by atoms with E-state index < -0.39 is 0 Å². The Balaban J connectivity index is 0.000000568. The van der Waals surface area contributed by atoms with E-state index in [4.69, 9.17) is 0 Å². The molecule has 0 N–H and O–H groups in total. The molecule has 0 fully saturated rings. The van der Waals surface area contributed by atoms with E-state index in [0.29, 0.717) is 0 Å². The third-order valence-electron chi connectivity index (χ3n) is 4.00. The third-order valence-corrected chi connectivity index (χ3v) is 4.00. The van der Waals surface area contributed by atoms with E-state index in [2.05, 4.69) is 107 Å². The van der Waals surface area contributed by atoms with Crippen molar-refractivity contribution in [1.29, 1.82) is 0 Å². The molecule has 0 aromatic heterocycles. The van der Waals surface area contributed by atoms with Crippen LogP contribution in [0.3, 0.4) is 0 Å². The standard InChI is InChI=1S/C20H17.C4H9.U/c1-20(17-11-5-2-6-12-17,18-13-7-3-8-14-18)19-15-9-4-10-16-19;1-4(2)3;/h2-3,5-16H,1H3;1-3H3;/q2*-1;+2. The van der Waals surface area contributed by atoms with E-state index in [-0.39, 0.29) is 36.5 Å². The Kier molecular flexibility index (Phi) is 9.26. The van der Waals surface area contributed by atoms with E-state index in [1.165, 1.54) is 22.6 Å². The van der Waals surface area contributed by atoms with Crippen molar-refractivity contribution in [3.05, 3.63) is 114 Å². The van der Waals surface area contributed by atoms with Gasteiger partial charge >= 0.3 is 31.1 Å². The SMILES string of the molecule is CC(c1cc[c-]cc1)(c1ccccc1)c1ccccc1.C[C-](C)C.[U+2]. The van der Waals surface area contributed by atoms with Gasteiger partial charge in [0.2, 0.25) is 0 Å². The average molecular weight is 553 g/mol. The molecule has 0 nitrogen and oxygen atoms in total. The Morgan fingerprint density at radius 2 is 0.960 bits per heavy atom. The van der Waals surface area contributed by atoms with Crippen molar-refractivity contribution in [1.82, 2.24) is 0 Å². The van der Waals surface area contributed by atoms with Crippen molar-refractivity contribution < 1.29 is 31.1 Å². The zero-order chi connectivity index (χ0) is 17.4. The molecule has 3 aromatic carbocycles. The second-order valence-corrected chi connectivity index (χ2v) is 6.65. The Bertz CT molecular complexity index is 603. The van der Waals surface area contributed by atoms with Crippen LogP contribution in [0.1, 0.15) is 44.4 Å². The summed E-state index contributed by atoms with van der Waals surface area (Å²) in [6.45, 7) is 8.53. The van der Waals surface area contributed by atoms with Crippen LogP contribution >= 0.6 is 0 Å². The molecule has 0 aliphatic carbocycles. The molecule has 126 valence electrons. The monoisotopic (exact) mass is 552 g/mol. The molecule has 0 atom stereocenters. The molecule has 0 radical (unpaired) electrons. The largest absolute Gasteiger partial charge is 2.00 e. The quantitative estimate of drug-likeness (QED) is 0.259. The zero-order valence-electron chi connectivity index (χ0n) is 15.6. The summed E-state index contributed by atoms with van der Waals surface area (Å²) in [5, 5.41) is 0. The first kappa shape index (κ1) is 21.8. The van der Waals surface area contributed by atoms with Crippen LogP contribution in [0, 0.1) is 43.1 Å². The summed E-state index contributed by atoms with van der Waals surface area (Å²) < 4.78 is 0. The number of rotatable bonds is 3.